The number of carbonyl (C=O) groups is 3. The third-order valence-corrected chi connectivity index (χ3v) is 3.58. The van der Waals surface area contributed by atoms with Crippen LogP contribution in [0.3, 0.4) is 0 Å². The van der Waals surface area contributed by atoms with Crippen molar-refractivity contribution in [3.8, 4) is 0 Å². The molecule has 1 N–H and O–H groups in total. The van der Waals surface area contributed by atoms with Gasteiger partial charge >= 0.3 is 5.97 Å². The fourth-order valence-electron chi connectivity index (χ4n) is 2.48. The van der Waals surface area contributed by atoms with Crippen LogP contribution in [0, 0.1) is 5.92 Å². The molecule has 2 amide bonds. The van der Waals surface area contributed by atoms with Crippen molar-refractivity contribution in [2.45, 2.75) is 26.2 Å². The third-order valence-electron chi connectivity index (χ3n) is 3.58. The van der Waals surface area contributed by atoms with E-state index in [-0.39, 0.29) is 24.2 Å². The van der Waals surface area contributed by atoms with Gasteiger partial charge in [0.25, 0.3) is 0 Å². The Morgan fingerprint density at radius 1 is 1.41 bits per heavy atom. The summed E-state index contributed by atoms with van der Waals surface area (Å²) >= 11 is 0. The van der Waals surface area contributed by atoms with Gasteiger partial charge in [-0.1, -0.05) is 13.0 Å². The van der Waals surface area contributed by atoms with Crippen LogP contribution in [0.1, 0.15) is 26.2 Å². The predicted octanol–water partition coefficient (Wildman–Crippen LogP) is 1.95. The Labute approximate surface area is 129 Å². The number of benzene rings is 1. The van der Waals surface area contributed by atoms with E-state index in [4.69, 9.17) is 4.74 Å². The topological polar surface area (TPSA) is 75.7 Å². The minimum absolute atomic E-state index is 0.0557. The van der Waals surface area contributed by atoms with E-state index >= 15 is 0 Å². The molecule has 0 aromatic heterocycles. The van der Waals surface area contributed by atoms with E-state index in [2.05, 4.69) is 5.32 Å². The summed E-state index contributed by atoms with van der Waals surface area (Å²) in [5.41, 5.74) is 1.32. The van der Waals surface area contributed by atoms with Crippen LogP contribution in [-0.2, 0) is 19.1 Å². The van der Waals surface area contributed by atoms with E-state index < -0.39 is 5.92 Å². The number of carbonyl (C=O) groups excluding carboxylic acids is 3. The minimum Gasteiger partial charge on any atom is -0.469 e. The van der Waals surface area contributed by atoms with Crippen molar-refractivity contribution < 1.29 is 19.1 Å². The summed E-state index contributed by atoms with van der Waals surface area (Å²) < 4.78 is 4.70. The van der Waals surface area contributed by atoms with Gasteiger partial charge in [-0.05, 0) is 24.6 Å². The second-order valence-electron chi connectivity index (χ2n) is 5.28. The molecule has 0 unspecified atom stereocenters. The number of anilines is 2. The molecular weight excluding hydrogens is 284 g/mol. The Morgan fingerprint density at radius 3 is 2.86 bits per heavy atom. The number of hydrogen-bond acceptors (Lipinski definition) is 4. The van der Waals surface area contributed by atoms with E-state index in [0.717, 1.165) is 6.42 Å². The first kappa shape index (κ1) is 16.0. The fourth-order valence-corrected chi connectivity index (χ4v) is 2.48. The molecule has 0 saturated carbocycles. The maximum atomic E-state index is 12.1. The second kappa shape index (κ2) is 7.06. The van der Waals surface area contributed by atoms with Crippen molar-refractivity contribution in [3.63, 3.8) is 0 Å². The van der Waals surface area contributed by atoms with Crippen molar-refractivity contribution in [3.05, 3.63) is 24.3 Å². The molecule has 1 heterocycles. The lowest BCUT2D eigenvalue weighted by atomic mass is 10.1. The van der Waals surface area contributed by atoms with E-state index in [1.807, 2.05) is 6.92 Å². The number of methoxy groups -OCH3 is 1. The van der Waals surface area contributed by atoms with Gasteiger partial charge in [0.05, 0.1) is 13.0 Å². The summed E-state index contributed by atoms with van der Waals surface area (Å²) in [5.74, 6) is -0.980. The molecule has 1 aliphatic heterocycles. The van der Waals surface area contributed by atoms with Gasteiger partial charge < -0.3 is 15.0 Å². The van der Waals surface area contributed by atoms with Crippen LogP contribution in [0.2, 0.25) is 0 Å². The monoisotopic (exact) mass is 304 g/mol. The molecule has 118 valence electrons. The van der Waals surface area contributed by atoms with E-state index in [9.17, 15) is 14.4 Å². The molecule has 1 aromatic rings. The third kappa shape index (κ3) is 3.63. The number of esters is 1. The minimum atomic E-state index is -0.434. The summed E-state index contributed by atoms with van der Waals surface area (Å²) in [7, 11) is 1.32. The molecule has 2 rings (SSSR count). The van der Waals surface area contributed by atoms with Crippen LogP contribution >= 0.6 is 0 Å². The van der Waals surface area contributed by atoms with Crippen molar-refractivity contribution in [2.75, 3.05) is 23.9 Å². The van der Waals surface area contributed by atoms with Gasteiger partial charge in [-0.3, -0.25) is 14.4 Å². The standard InChI is InChI=1S/C16H20N2O4/c1-3-5-14(19)17-12-6-4-7-13(9-12)18-10-11(8-15(18)20)16(21)22-2/h4,6-7,9,11H,3,5,8,10H2,1-2H3,(H,17,19)/t11-/m1/s1. The van der Waals surface area contributed by atoms with Crippen molar-refractivity contribution in [1.82, 2.24) is 0 Å². The molecule has 1 fully saturated rings. The maximum Gasteiger partial charge on any atom is 0.311 e. The zero-order valence-electron chi connectivity index (χ0n) is 12.8. The van der Waals surface area contributed by atoms with Crippen LogP contribution in [-0.4, -0.2) is 31.4 Å². The van der Waals surface area contributed by atoms with Crippen molar-refractivity contribution in [1.29, 1.82) is 0 Å². The van der Waals surface area contributed by atoms with E-state index in [1.165, 1.54) is 7.11 Å². The Bertz CT molecular complexity index is 585. The lowest BCUT2D eigenvalue weighted by molar-refractivity contribution is -0.145. The highest BCUT2D eigenvalue weighted by Crippen LogP contribution is 2.27. The molecule has 6 heteroatoms. The van der Waals surface area contributed by atoms with Crippen LogP contribution in [0.25, 0.3) is 0 Å². The fraction of sp³-hybridized carbons (Fsp3) is 0.438. The molecule has 6 nitrogen and oxygen atoms in total. The summed E-state index contributed by atoms with van der Waals surface area (Å²) in [5, 5.41) is 2.80. The first-order chi connectivity index (χ1) is 10.5. The largest absolute Gasteiger partial charge is 0.469 e. The molecule has 0 bridgehead atoms. The first-order valence-electron chi connectivity index (χ1n) is 7.33. The molecule has 0 spiro atoms. The maximum absolute atomic E-state index is 12.1. The van der Waals surface area contributed by atoms with Crippen molar-refractivity contribution >= 4 is 29.2 Å². The SMILES string of the molecule is CCCC(=O)Nc1cccc(N2C[C@H](C(=O)OC)CC2=O)c1. The highest BCUT2D eigenvalue weighted by Gasteiger charge is 2.35. The van der Waals surface area contributed by atoms with E-state index in [0.29, 0.717) is 24.3 Å². The van der Waals surface area contributed by atoms with Gasteiger partial charge in [0.15, 0.2) is 0 Å². The summed E-state index contributed by atoms with van der Waals surface area (Å²) in [6.45, 7) is 2.24. The number of rotatable bonds is 5. The van der Waals surface area contributed by atoms with Gasteiger partial charge in [-0.25, -0.2) is 0 Å². The Balaban J connectivity index is 2.11. The summed E-state index contributed by atoms with van der Waals surface area (Å²) in [6.07, 6.45) is 1.38. The Kier molecular flexibility index (Phi) is 5.14. The van der Waals surface area contributed by atoms with Crippen LogP contribution < -0.4 is 10.2 Å². The number of ether oxygens (including phenoxy) is 1. The van der Waals surface area contributed by atoms with E-state index in [1.54, 1.807) is 29.2 Å². The predicted molar refractivity (Wildman–Crippen MR) is 82.5 cm³/mol. The Morgan fingerprint density at radius 2 is 2.18 bits per heavy atom. The lowest BCUT2D eigenvalue weighted by Gasteiger charge is -2.17. The zero-order chi connectivity index (χ0) is 16.1. The molecular formula is C16H20N2O4. The highest BCUT2D eigenvalue weighted by molar-refractivity contribution is 6.00. The quantitative estimate of drug-likeness (QED) is 0.844. The second-order valence-corrected chi connectivity index (χ2v) is 5.28. The molecule has 0 radical (unpaired) electrons. The molecule has 1 saturated heterocycles. The van der Waals surface area contributed by atoms with Crippen molar-refractivity contribution in [2.24, 2.45) is 5.92 Å². The number of nitrogens with one attached hydrogen (secondary N) is 1. The summed E-state index contributed by atoms with van der Waals surface area (Å²) in [6, 6.07) is 7.07. The Hall–Kier alpha value is -2.37. The number of nitrogens with zero attached hydrogens (tertiary/aromatic N) is 1. The number of amides is 2. The van der Waals surface area contributed by atoms with Gasteiger partial charge in [0.2, 0.25) is 11.8 Å². The smallest absolute Gasteiger partial charge is 0.311 e. The van der Waals surface area contributed by atoms with Gasteiger partial charge in [0.1, 0.15) is 0 Å². The van der Waals surface area contributed by atoms with Gasteiger partial charge in [-0.15, -0.1) is 0 Å². The van der Waals surface area contributed by atoms with Gasteiger partial charge in [-0.2, -0.15) is 0 Å². The molecule has 1 atom stereocenters. The average Bonchev–Trinajstić information content (AvgIpc) is 2.89. The average molecular weight is 304 g/mol. The first-order valence-corrected chi connectivity index (χ1v) is 7.33. The summed E-state index contributed by atoms with van der Waals surface area (Å²) in [4.78, 5) is 36.8. The van der Waals surface area contributed by atoms with Crippen LogP contribution in [0.4, 0.5) is 11.4 Å². The zero-order valence-corrected chi connectivity index (χ0v) is 12.8. The van der Waals surface area contributed by atoms with Gasteiger partial charge in [0, 0.05) is 30.8 Å². The lowest BCUT2D eigenvalue weighted by Crippen LogP contribution is -2.26. The van der Waals surface area contributed by atoms with Crippen LogP contribution in [0.15, 0.2) is 24.3 Å². The number of hydrogen-bond donors (Lipinski definition) is 1. The normalized spacial score (nSPS) is 17.5. The highest BCUT2D eigenvalue weighted by atomic mass is 16.5. The van der Waals surface area contributed by atoms with Crippen LogP contribution in [0.5, 0.6) is 0 Å². The molecule has 22 heavy (non-hydrogen) atoms. The molecule has 0 aliphatic carbocycles. The molecule has 1 aromatic carbocycles. The molecule has 1 aliphatic rings.